The van der Waals surface area contributed by atoms with Crippen molar-refractivity contribution in [1.29, 1.82) is 0 Å². The molecule has 0 radical (unpaired) electrons. The number of ether oxygens (including phenoxy) is 1. The molecule has 0 atom stereocenters. The molecule has 20 heavy (non-hydrogen) atoms. The molecule has 1 aliphatic rings. The van der Waals surface area contributed by atoms with Crippen LogP contribution in [0.2, 0.25) is 0 Å². The zero-order valence-electron chi connectivity index (χ0n) is 11.6. The lowest BCUT2D eigenvalue weighted by atomic mass is 10.3. The maximum atomic E-state index is 11.8. The summed E-state index contributed by atoms with van der Waals surface area (Å²) in [5.74, 6) is 2.23. The molecule has 1 aromatic heterocycles. The number of esters is 1. The van der Waals surface area contributed by atoms with Gasteiger partial charge in [0.2, 0.25) is 0 Å². The Labute approximate surface area is 127 Å². The van der Waals surface area contributed by atoms with Gasteiger partial charge in [0.25, 0.3) is 0 Å². The number of thioether (sulfide) groups is 1. The second-order valence-corrected chi connectivity index (χ2v) is 6.37. The van der Waals surface area contributed by atoms with Crippen molar-refractivity contribution in [3.63, 3.8) is 0 Å². The number of carbonyl (C=O) groups is 1. The zero-order chi connectivity index (χ0) is 14.4. The normalized spacial score (nSPS) is 16.1. The van der Waals surface area contributed by atoms with Gasteiger partial charge in [-0.2, -0.15) is 16.1 Å². The molecule has 1 saturated heterocycles. The van der Waals surface area contributed by atoms with Gasteiger partial charge in [-0.1, -0.05) is 0 Å². The molecule has 0 amide bonds. The predicted molar refractivity (Wildman–Crippen MR) is 84.7 cm³/mol. The van der Waals surface area contributed by atoms with Gasteiger partial charge in [-0.3, -0.25) is 4.90 Å². The average molecular weight is 316 g/mol. The summed E-state index contributed by atoms with van der Waals surface area (Å²) >= 11 is 3.20. The van der Waals surface area contributed by atoms with Gasteiger partial charge in [0, 0.05) is 37.7 Å². The van der Waals surface area contributed by atoms with Crippen LogP contribution in [-0.2, 0) is 4.74 Å². The summed E-state index contributed by atoms with van der Waals surface area (Å²) in [4.78, 5) is 14.2. The Kier molecular flexibility index (Phi) is 5.93. The smallest absolute Gasteiger partial charge is 0.344 e. The molecule has 6 nitrogen and oxygen atoms in total. The number of rotatable bonds is 6. The minimum atomic E-state index is -0.407. The van der Waals surface area contributed by atoms with E-state index in [1.54, 1.807) is 6.92 Å². The fraction of sp³-hybridized carbons (Fsp3) is 0.667. The van der Waals surface area contributed by atoms with E-state index in [-0.39, 0.29) is 5.82 Å². The summed E-state index contributed by atoms with van der Waals surface area (Å²) < 4.78 is 9.02. The maximum Gasteiger partial charge on any atom is 0.344 e. The van der Waals surface area contributed by atoms with Crippen molar-refractivity contribution >= 4 is 40.1 Å². The van der Waals surface area contributed by atoms with E-state index < -0.39 is 5.97 Å². The van der Waals surface area contributed by atoms with Crippen molar-refractivity contribution < 1.29 is 9.53 Å². The number of carbonyl (C=O) groups excluding carboxylic acids is 1. The quantitative estimate of drug-likeness (QED) is 0.767. The number of aromatic nitrogens is 1. The van der Waals surface area contributed by atoms with Crippen molar-refractivity contribution in [3.05, 3.63) is 5.56 Å². The lowest BCUT2D eigenvalue weighted by Crippen LogP contribution is -2.36. The number of hydrogen-bond acceptors (Lipinski definition) is 8. The van der Waals surface area contributed by atoms with Crippen LogP contribution >= 0.6 is 23.3 Å². The highest BCUT2D eigenvalue weighted by atomic mass is 32.2. The second kappa shape index (κ2) is 7.70. The summed E-state index contributed by atoms with van der Waals surface area (Å²) in [6.45, 7) is 6.09. The monoisotopic (exact) mass is 316 g/mol. The first-order chi connectivity index (χ1) is 9.72. The molecular formula is C12H20N4O2S2. The van der Waals surface area contributed by atoms with Crippen molar-refractivity contribution in [3.8, 4) is 0 Å². The zero-order valence-corrected chi connectivity index (χ0v) is 13.2. The summed E-state index contributed by atoms with van der Waals surface area (Å²) in [7, 11) is 0. The molecule has 0 spiro atoms. The molecule has 0 saturated carbocycles. The standard InChI is InChI=1S/C12H20N4O2S2/c1-2-18-12(17)9-10(13)15-20-11(9)14-3-4-16-5-7-19-8-6-16/h14H,2-8H2,1H3,(H2,13,15). The van der Waals surface area contributed by atoms with E-state index in [0.717, 1.165) is 26.2 Å². The number of nitrogens with one attached hydrogen (secondary N) is 1. The lowest BCUT2D eigenvalue weighted by Gasteiger charge is -2.26. The van der Waals surface area contributed by atoms with Gasteiger partial charge in [0.1, 0.15) is 10.6 Å². The van der Waals surface area contributed by atoms with E-state index >= 15 is 0 Å². The molecule has 0 aliphatic carbocycles. The van der Waals surface area contributed by atoms with E-state index in [9.17, 15) is 4.79 Å². The minimum absolute atomic E-state index is 0.241. The van der Waals surface area contributed by atoms with Gasteiger partial charge >= 0.3 is 5.97 Å². The van der Waals surface area contributed by atoms with E-state index in [0.29, 0.717) is 17.2 Å². The fourth-order valence-electron chi connectivity index (χ4n) is 1.98. The van der Waals surface area contributed by atoms with Crippen molar-refractivity contribution in [2.75, 3.05) is 55.3 Å². The Hall–Kier alpha value is -0.990. The first kappa shape index (κ1) is 15.4. The van der Waals surface area contributed by atoms with Crippen molar-refractivity contribution in [1.82, 2.24) is 9.27 Å². The highest BCUT2D eigenvalue weighted by Crippen LogP contribution is 2.27. The molecule has 1 fully saturated rings. The molecule has 0 aromatic carbocycles. The van der Waals surface area contributed by atoms with Gasteiger partial charge in [-0.15, -0.1) is 0 Å². The van der Waals surface area contributed by atoms with Gasteiger partial charge in [0.15, 0.2) is 5.82 Å². The van der Waals surface area contributed by atoms with Crippen LogP contribution in [0.1, 0.15) is 17.3 Å². The molecule has 2 heterocycles. The highest BCUT2D eigenvalue weighted by molar-refractivity contribution is 7.99. The summed E-state index contributed by atoms with van der Waals surface area (Å²) in [5, 5.41) is 3.95. The first-order valence-corrected chi connectivity index (χ1v) is 8.61. The van der Waals surface area contributed by atoms with Gasteiger partial charge < -0.3 is 15.8 Å². The molecule has 1 aromatic rings. The van der Waals surface area contributed by atoms with Crippen LogP contribution in [0.3, 0.4) is 0 Å². The van der Waals surface area contributed by atoms with Crippen LogP contribution in [0.25, 0.3) is 0 Å². The first-order valence-electron chi connectivity index (χ1n) is 6.68. The fourth-order valence-corrected chi connectivity index (χ4v) is 3.68. The lowest BCUT2D eigenvalue weighted by molar-refractivity contribution is 0.0529. The summed E-state index contributed by atoms with van der Waals surface area (Å²) in [5.41, 5.74) is 6.10. The molecule has 1 aliphatic heterocycles. The molecular weight excluding hydrogens is 296 g/mol. The Morgan fingerprint density at radius 2 is 2.25 bits per heavy atom. The number of nitrogen functional groups attached to an aromatic ring is 1. The number of hydrogen-bond donors (Lipinski definition) is 2. The Balaban J connectivity index is 1.87. The van der Waals surface area contributed by atoms with Crippen LogP contribution in [0.5, 0.6) is 0 Å². The SMILES string of the molecule is CCOC(=O)c1c(N)nsc1NCCN1CCSCC1. The van der Waals surface area contributed by atoms with Crippen molar-refractivity contribution in [2.45, 2.75) is 6.92 Å². The molecule has 3 N–H and O–H groups in total. The van der Waals surface area contributed by atoms with Crippen molar-refractivity contribution in [2.24, 2.45) is 0 Å². The molecule has 0 unspecified atom stereocenters. The minimum Gasteiger partial charge on any atom is -0.462 e. The molecule has 112 valence electrons. The van der Waals surface area contributed by atoms with Crippen LogP contribution in [0.4, 0.5) is 10.8 Å². The van der Waals surface area contributed by atoms with Crippen LogP contribution < -0.4 is 11.1 Å². The largest absolute Gasteiger partial charge is 0.462 e. The number of nitrogens with zero attached hydrogens (tertiary/aromatic N) is 2. The molecule has 8 heteroatoms. The van der Waals surface area contributed by atoms with Gasteiger partial charge in [0.05, 0.1) is 6.61 Å². The van der Waals surface area contributed by atoms with Crippen LogP contribution in [0, 0.1) is 0 Å². The van der Waals surface area contributed by atoms with Gasteiger partial charge in [-0.05, 0) is 18.5 Å². The van der Waals surface area contributed by atoms with E-state index in [1.807, 2.05) is 11.8 Å². The topological polar surface area (TPSA) is 80.5 Å². The molecule has 0 bridgehead atoms. The number of nitrogens with two attached hydrogens (primary N) is 1. The maximum absolute atomic E-state index is 11.8. The number of anilines is 2. The summed E-state index contributed by atoms with van der Waals surface area (Å²) in [6.07, 6.45) is 0. The highest BCUT2D eigenvalue weighted by Gasteiger charge is 2.20. The van der Waals surface area contributed by atoms with E-state index in [2.05, 4.69) is 14.6 Å². The summed E-state index contributed by atoms with van der Waals surface area (Å²) in [6, 6.07) is 0. The second-order valence-electron chi connectivity index (χ2n) is 4.37. The van der Waals surface area contributed by atoms with Crippen LogP contribution in [-0.4, -0.2) is 59.5 Å². The third kappa shape index (κ3) is 4.00. The molecule has 2 rings (SSSR count). The van der Waals surface area contributed by atoms with E-state index in [1.165, 1.54) is 23.0 Å². The average Bonchev–Trinajstić information content (AvgIpc) is 2.81. The third-order valence-electron chi connectivity index (χ3n) is 3.02. The predicted octanol–water partition coefficient (Wildman–Crippen LogP) is 1.36. The Morgan fingerprint density at radius 1 is 1.50 bits per heavy atom. The van der Waals surface area contributed by atoms with E-state index in [4.69, 9.17) is 10.5 Å². The Morgan fingerprint density at radius 3 is 2.95 bits per heavy atom. The third-order valence-corrected chi connectivity index (χ3v) is 4.78. The Bertz CT molecular complexity index is 447. The van der Waals surface area contributed by atoms with Crippen LogP contribution in [0.15, 0.2) is 0 Å². The van der Waals surface area contributed by atoms with Gasteiger partial charge in [-0.25, -0.2) is 4.79 Å².